The van der Waals surface area contributed by atoms with Crippen LogP contribution < -0.4 is 4.72 Å². The van der Waals surface area contributed by atoms with Gasteiger partial charge in [0.1, 0.15) is 11.3 Å². The Labute approximate surface area is 122 Å². The second-order valence-corrected chi connectivity index (χ2v) is 5.82. The molecule has 0 radical (unpaired) electrons. The van der Waals surface area contributed by atoms with Gasteiger partial charge >= 0.3 is 5.97 Å². The quantitative estimate of drug-likeness (QED) is 0.843. The number of carbonyl (C=O) groups excluding carboxylic acids is 1. The molecule has 0 unspecified atom stereocenters. The molecule has 0 aliphatic rings. The van der Waals surface area contributed by atoms with Gasteiger partial charge in [-0.3, -0.25) is 4.72 Å². The van der Waals surface area contributed by atoms with E-state index in [-0.39, 0.29) is 16.2 Å². The molecule has 0 aliphatic carbocycles. The lowest BCUT2D eigenvalue weighted by molar-refractivity contribution is 0.0597. The average Bonchev–Trinajstić information content (AvgIpc) is 2.47. The molecule has 7 heteroatoms. The van der Waals surface area contributed by atoms with E-state index in [1.165, 1.54) is 6.07 Å². The fourth-order valence-corrected chi connectivity index (χ4v) is 2.76. The first kappa shape index (κ1) is 14.9. The number of sulfonamides is 1. The van der Waals surface area contributed by atoms with Crippen LogP contribution in [0.1, 0.15) is 10.4 Å². The smallest absolute Gasteiger partial charge is 0.341 e. The fraction of sp³-hybridized carbons (Fsp3) is 0.0714. The largest absolute Gasteiger partial charge is 0.507 e. The van der Waals surface area contributed by atoms with Crippen molar-refractivity contribution in [1.82, 2.24) is 0 Å². The molecule has 2 aromatic carbocycles. The van der Waals surface area contributed by atoms with E-state index in [1.807, 2.05) is 0 Å². The average molecular weight is 307 g/mol. The number of ether oxygens (including phenoxy) is 1. The van der Waals surface area contributed by atoms with Crippen LogP contribution >= 0.6 is 0 Å². The Morgan fingerprint density at radius 3 is 2.43 bits per heavy atom. The van der Waals surface area contributed by atoms with E-state index in [4.69, 9.17) is 0 Å². The summed E-state index contributed by atoms with van der Waals surface area (Å²) in [6.45, 7) is 0. The van der Waals surface area contributed by atoms with Crippen LogP contribution in [0.2, 0.25) is 0 Å². The highest BCUT2D eigenvalue weighted by Gasteiger charge is 2.19. The first-order valence-electron chi connectivity index (χ1n) is 5.93. The summed E-state index contributed by atoms with van der Waals surface area (Å²) in [6, 6.07) is 11.7. The molecule has 0 aromatic heterocycles. The predicted octanol–water partition coefficient (Wildman–Crippen LogP) is 1.98. The molecule has 2 N–H and O–H groups in total. The van der Waals surface area contributed by atoms with Crippen molar-refractivity contribution in [3.05, 3.63) is 54.1 Å². The molecule has 21 heavy (non-hydrogen) atoms. The van der Waals surface area contributed by atoms with Gasteiger partial charge in [-0.15, -0.1) is 0 Å². The molecule has 110 valence electrons. The third-order valence-corrected chi connectivity index (χ3v) is 4.09. The van der Waals surface area contributed by atoms with Crippen LogP contribution in [0.5, 0.6) is 5.75 Å². The maximum absolute atomic E-state index is 12.2. The van der Waals surface area contributed by atoms with Crippen molar-refractivity contribution in [3.8, 4) is 5.75 Å². The Bertz CT molecular complexity index is 756. The van der Waals surface area contributed by atoms with Crippen LogP contribution in [0.3, 0.4) is 0 Å². The molecule has 0 atom stereocenters. The van der Waals surface area contributed by atoms with Crippen LogP contribution in [0, 0.1) is 0 Å². The molecule has 0 fully saturated rings. The highest BCUT2D eigenvalue weighted by Crippen LogP contribution is 2.23. The van der Waals surface area contributed by atoms with E-state index in [9.17, 15) is 18.3 Å². The van der Waals surface area contributed by atoms with Crippen LogP contribution in [0.15, 0.2) is 53.4 Å². The van der Waals surface area contributed by atoms with Gasteiger partial charge in [0.15, 0.2) is 0 Å². The Balaban J connectivity index is 2.39. The van der Waals surface area contributed by atoms with Crippen LogP contribution in [0.4, 0.5) is 5.69 Å². The molecule has 0 heterocycles. The second kappa shape index (κ2) is 5.84. The Hall–Kier alpha value is -2.54. The molecule has 0 bridgehead atoms. The SMILES string of the molecule is COC(=O)c1cc(S(=O)(=O)Nc2ccccc2)ccc1O. The summed E-state index contributed by atoms with van der Waals surface area (Å²) in [5.74, 6) is -1.16. The molecule has 2 aromatic rings. The summed E-state index contributed by atoms with van der Waals surface area (Å²) in [5, 5.41) is 9.58. The number of rotatable bonds is 4. The van der Waals surface area contributed by atoms with Gasteiger partial charge in [-0.25, -0.2) is 13.2 Å². The van der Waals surface area contributed by atoms with Gasteiger partial charge in [-0.1, -0.05) is 18.2 Å². The van der Waals surface area contributed by atoms with Gasteiger partial charge in [0.05, 0.1) is 12.0 Å². The van der Waals surface area contributed by atoms with Crippen molar-refractivity contribution < 1.29 is 23.1 Å². The van der Waals surface area contributed by atoms with Gasteiger partial charge in [0.25, 0.3) is 10.0 Å². The molecular formula is C14H13NO5S. The van der Waals surface area contributed by atoms with E-state index in [0.29, 0.717) is 5.69 Å². The molecule has 6 nitrogen and oxygen atoms in total. The Kier molecular flexibility index (Phi) is 4.13. The fourth-order valence-electron chi connectivity index (χ4n) is 1.68. The Morgan fingerprint density at radius 2 is 1.81 bits per heavy atom. The molecule has 0 saturated heterocycles. The highest BCUT2D eigenvalue weighted by atomic mass is 32.2. The lowest BCUT2D eigenvalue weighted by Gasteiger charge is -2.09. The van der Waals surface area contributed by atoms with Gasteiger partial charge < -0.3 is 9.84 Å². The Morgan fingerprint density at radius 1 is 1.14 bits per heavy atom. The third kappa shape index (κ3) is 3.32. The van der Waals surface area contributed by atoms with Gasteiger partial charge in [0, 0.05) is 5.69 Å². The minimum atomic E-state index is -3.86. The summed E-state index contributed by atoms with van der Waals surface area (Å²) >= 11 is 0. The van der Waals surface area contributed by atoms with Crippen molar-refractivity contribution in [3.63, 3.8) is 0 Å². The predicted molar refractivity (Wildman–Crippen MR) is 76.7 cm³/mol. The first-order valence-corrected chi connectivity index (χ1v) is 7.41. The monoisotopic (exact) mass is 307 g/mol. The zero-order valence-electron chi connectivity index (χ0n) is 11.1. The lowest BCUT2D eigenvalue weighted by atomic mass is 10.2. The molecule has 0 spiro atoms. The number of carbonyl (C=O) groups is 1. The first-order chi connectivity index (χ1) is 9.94. The molecule has 0 amide bonds. The van der Waals surface area contributed by atoms with Gasteiger partial charge in [-0.05, 0) is 30.3 Å². The van der Waals surface area contributed by atoms with E-state index in [2.05, 4.69) is 9.46 Å². The van der Waals surface area contributed by atoms with Gasteiger partial charge in [-0.2, -0.15) is 0 Å². The maximum atomic E-state index is 12.2. The summed E-state index contributed by atoms with van der Waals surface area (Å²) in [4.78, 5) is 11.3. The number of phenols is 1. The standard InChI is InChI=1S/C14H13NO5S/c1-20-14(17)12-9-11(7-8-13(12)16)21(18,19)15-10-5-3-2-4-6-10/h2-9,15-16H,1H3. The summed E-state index contributed by atoms with van der Waals surface area (Å²) < 4.78 is 31.3. The minimum absolute atomic E-state index is 0.149. The zero-order valence-corrected chi connectivity index (χ0v) is 11.9. The van der Waals surface area contributed by atoms with Crippen molar-refractivity contribution in [2.75, 3.05) is 11.8 Å². The van der Waals surface area contributed by atoms with Crippen molar-refractivity contribution >= 4 is 21.7 Å². The molecule has 0 saturated carbocycles. The maximum Gasteiger partial charge on any atom is 0.341 e. The van der Waals surface area contributed by atoms with E-state index in [1.54, 1.807) is 30.3 Å². The number of phenolic OH excluding ortho intramolecular Hbond substituents is 1. The van der Waals surface area contributed by atoms with E-state index in [0.717, 1.165) is 19.2 Å². The summed E-state index contributed by atoms with van der Waals surface area (Å²) in [5.41, 5.74) is 0.179. The highest BCUT2D eigenvalue weighted by molar-refractivity contribution is 7.92. The zero-order chi connectivity index (χ0) is 15.5. The number of methoxy groups -OCH3 is 1. The van der Waals surface area contributed by atoms with Crippen molar-refractivity contribution in [1.29, 1.82) is 0 Å². The molecule has 2 rings (SSSR count). The summed E-state index contributed by atoms with van der Waals surface area (Å²) in [6.07, 6.45) is 0. The number of hydrogen-bond acceptors (Lipinski definition) is 5. The topological polar surface area (TPSA) is 92.7 Å². The third-order valence-electron chi connectivity index (χ3n) is 2.71. The molecular weight excluding hydrogens is 294 g/mol. The minimum Gasteiger partial charge on any atom is -0.507 e. The number of esters is 1. The number of nitrogens with one attached hydrogen (secondary N) is 1. The lowest BCUT2D eigenvalue weighted by Crippen LogP contribution is -2.14. The number of aromatic hydroxyl groups is 1. The van der Waals surface area contributed by atoms with E-state index < -0.39 is 16.0 Å². The number of anilines is 1. The number of hydrogen-bond donors (Lipinski definition) is 2. The van der Waals surface area contributed by atoms with Crippen LogP contribution in [-0.2, 0) is 14.8 Å². The number of benzene rings is 2. The van der Waals surface area contributed by atoms with Gasteiger partial charge in [0.2, 0.25) is 0 Å². The number of para-hydroxylation sites is 1. The van der Waals surface area contributed by atoms with E-state index >= 15 is 0 Å². The molecule has 0 aliphatic heterocycles. The van der Waals surface area contributed by atoms with Crippen molar-refractivity contribution in [2.45, 2.75) is 4.90 Å². The normalized spacial score (nSPS) is 10.9. The summed E-state index contributed by atoms with van der Waals surface area (Å²) in [7, 11) is -2.72. The van der Waals surface area contributed by atoms with Crippen LogP contribution in [-0.4, -0.2) is 26.6 Å². The van der Waals surface area contributed by atoms with Crippen LogP contribution in [0.25, 0.3) is 0 Å². The second-order valence-electron chi connectivity index (χ2n) is 4.14. The van der Waals surface area contributed by atoms with Crippen molar-refractivity contribution in [2.24, 2.45) is 0 Å².